The van der Waals surface area contributed by atoms with Gasteiger partial charge in [0.05, 0.1) is 12.6 Å². The smallest absolute Gasteiger partial charge is 0.248 e. The molecule has 4 rings (SSSR count). The van der Waals surface area contributed by atoms with E-state index in [9.17, 15) is 9.59 Å². The average Bonchev–Trinajstić information content (AvgIpc) is 3.20. The molecule has 0 aliphatic carbocycles. The zero-order valence-corrected chi connectivity index (χ0v) is 18.1. The first kappa shape index (κ1) is 21.6. The molecule has 4 N–H and O–H groups in total. The van der Waals surface area contributed by atoms with Gasteiger partial charge in [0.1, 0.15) is 17.7 Å². The molecule has 0 spiro atoms. The third-order valence-electron chi connectivity index (χ3n) is 5.96. The van der Waals surface area contributed by atoms with Crippen LogP contribution in [0.3, 0.4) is 0 Å². The monoisotopic (exact) mass is 436 g/mol. The van der Waals surface area contributed by atoms with E-state index >= 15 is 0 Å². The van der Waals surface area contributed by atoms with Crippen LogP contribution in [-0.4, -0.2) is 59.9 Å². The van der Waals surface area contributed by atoms with E-state index in [1.807, 2.05) is 29.4 Å². The number of amides is 2. The highest BCUT2D eigenvalue weighted by molar-refractivity contribution is 5.99. The number of aliphatic imine (C=N–C) groups is 1. The third kappa shape index (κ3) is 4.11. The Morgan fingerprint density at radius 2 is 2.00 bits per heavy atom. The second-order valence-electron chi connectivity index (χ2n) is 7.92. The first-order chi connectivity index (χ1) is 15.5. The highest BCUT2D eigenvalue weighted by atomic mass is 16.5. The van der Waals surface area contributed by atoms with Crippen LogP contribution in [0, 0.1) is 0 Å². The predicted molar refractivity (Wildman–Crippen MR) is 122 cm³/mol. The van der Waals surface area contributed by atoms with Gasteiger partial charge >= 0.3 is 0 Å². The standard InChI is InChI=1S/C23H28N6O3/c1-32-14-4-6-20(30)27-12-3-2-5-18(27)23-28-13-11-26-21(24)19(28)15-29(23)17-9-7-16(8-10-17)22(25)31/h4,6-11,13,15,18,23H,2-3,5,12,14H2,1H3,(H2,24,26)(H2,25,31)/b6-4+/t18?,23-/m1/s1. The Kier molecular flexibility index (Phi) is 6.27. The number of piperidine rings is 1. The zero-order valence-electron chi connectivity index (χ0n) is 18.1. The number of amidine groups is 1. The fourth-order valence-corrected chi connectivity index (χ4v) is 4.45. The molecule has 1 saturated heterocycles. The maximum absolute atomic E-state index is 13.0. The minimum atomic E-state index is -0.475. The SMILES string of the molecule is COC/C=C/C(=O)N1CCCCC1[C@@H]1N2C=CN=C(N)C2=CN1c1ccc(C(N)=O)cc1. The molecule has 0 bridgehead atoms. The number of methoxy groups -OCH3 is 1. The van der Waals surface area contributed by atoms with E-state index in [0.29, 0.717) is 24.6 Å². The van der Waals surface area contributed by atoms with Crippen LogP contribution in [0.4, 0.5) is 5.69 Å². The summed E-state index contributed by atoms with van der Waals surface area (Å²) in [7, 11) is 1.60. The molecule has 1 fully saturated rings. The van der Waals surface area contributed by atoms with Crippen LogP contribution in [-0.2, 0) is 9.53 Å². The van der Waals surface area contributed by atoms with Gasteiger partial charge in [0.2, 0.25) is 11.8 Å². The van der Waals surface area contributed by atoms with Crippen LogP contribution in [0.2, 0.25) is 0 Å². The maximum Gasteiger partial charge on any atom is 0.248 e. The molecule has 168 valence electrons. The van der Waals surface area contributed by atoms with Gasteiger partial charge in [0.25, 0.3) is 0 Å². The molecule has 9 nitrogen and oxygen atoms in total. The third-order valence-corrected chi connectivity index (χ3v) is 5.96. The number of hydrogen-bond donors (Lipinski definition) is 2. The number of anilines is 1. The second-order valence-corrected chi connectivity index (χ2v) is 7.92. The van der Waals surface area contributed by atoms with Crippen molar-refractivity contribution in [3.8, 4) is 0 Å². The summed E-state index contributed by atoms with van der Waals surface area (Å²) in [6.45, 7) is 1.07. The van der Waals surface area contributed by atoms with Crippen LogP contribution in [0.25, 0.3) is 0 Å². The van der Waals surface area contributed by atoms with Crippen molar-refractivity contribution in [3.63, 3.8) is 0 Å². The predicted octanol–water partition coefficient (Wildman–Crippen LogP) is 1.50. The van der Waals surface area contributed by atoms with E-state index in [1.165, 1.54) is 0 Å². The highest BCUT2D eigenvalue weighted by Crippen LogP contribution is 2.36. The van der Waals surface area contributed by atoms with Crippen molar-refractivity contribution in [1.82, 2.24) is 9.80 Å². The lowest BCUT2D eigenvalue weighted by Crippen LogP contribution is -2.58. The Bertz CT molecular complexity index is 997. The first-order valence-electron chi connectivity index (χ1n) is 10.7. The Balaban J connectivity index is 1.69. The average molecular weight is 437 g/mol. The van der Waals surface area contributed by atoms with Gasteiger partial charge in [-0.15, -0.1) is 0 Å². The number of hydrogen-bond acceptors (Lipinski definition) is 7. The summed E-state index contributed by atoms with van der Waals surface area (Å²) in [4.78, 5) is 34.9. The molecule has 2 amide bonds. The van der Waals surface area contributed by atoms with Gasteiger partial charge in [-0.25, -0.2) is 4.99 Å². The van der Waals surface area contributed by atoms with Crippen molar-refractivity contribution in [2.75, 3.05) is 25.2 Å². The number of nitrogens with zero attached hydrogens (tertiary/aromatic N) is 4. The molecule has 1 aromatic rings. The number of nitrogens with two attached hydrogens (primary N) is 2. The summed E-state index contributed by atoms with van der Waals surface area (Å²) in [5.41, 5.74) is 13.7. The quantitative estimate of drug-likeness (QED) is 0.653. The summed E-state index contributed by atoms with van der Waals surface area (Å²) in [6, 6.07) is 7.04. The Morgan fingerprint density at radius 1 is 1.22 bits per heavy atom. The summed E-state index contributed by atoms with van der Waals surface area (Å²) < 4.78 is 5.04. The highest BCUT2D eigenvalue weighted by Gasteiger charge is 2.43. The van der Waals surface area contributed by atoms with Crippen molar-refractivity contribution < 1.29 is 14.3 Å². The van der Waals surface area contributed by atoms with Gasteiger partial charge in [0, 0.05) is 49.6 Å². The molecule has 3 heterocycles. The molecule has 3 aliphatic rings. The molecular formula is C23H28N6O3. The van der Waals surface area contributed by atoms with E-state index in [1.54, 1.807) is 37.6 Å². The normalized spacial score (nSPS) is 22.7. The summed E-state index contributed by atoms with van der Waals surface area (Å²) in [5.74, 6) is -0.0919. The van der Waals surface area contributed by atoms with Crippen LogP contribution in [0.1, 0.15) is 29.6 Å². The van der Waals surface area contributed by atoms with Crippen LogP contribution in [0.15, 0.2) is 65.7 Å². The summed E-state index contributed by atoms with van der Waals surface area (Å²) >= 11 is 0. The van der Waals surface area contributed by atoms with Gasteiger partial charge in [-0.2, -0.15) is 0 Å². The molecule has 1 unspecified atom stereocenters. The Hall–Kier alpha value is -3.59. The van der Waals surface area contributed by atoms with E-state index in [-0.39, 0.29) is 18.1 Å². The summed E-state index contributed by atoms with van der Waals surface area (Å²) in [5, 5.41) is 0. The molecule has 2 atom stereocenters. The van der Waals surface area contributed by atoms with E-state index in [2.05, 4.69) is 14.8 Å². The first-order valence-corrected chi connectivity index (χ1v) is 10.7. The van der Waals surface area contributed by atoms with Crippen molar-refractivity contribution in [3.05, 3.63) is 66.3 Å². The maximum atomic E-state index is 13.0. The number of benzene rings is 1. The number of primary amides is 1. The molecule has 0 aromatic heterocycles. The van der Waals surface area contributed by atoms with Gasteiger partial charge in [0.15, 0.2) is 0 Å². The Labute approximate surface area is 187 Å². The Morgan fingerprint density at radius 3 is 2.72 bits per heavy atom. The molecular weight excluding hydrogens is 408 g/mol. The largest absolute Gasteiger partial charge is 0.382 e. The van der Waals surface area contributed by atoms with Crippen LogP contribution >= 0.6 is 0 Å². The molecule has 9 heteroatoms. The number of ether oxygens (including phenoxy) is 1. The van der Waals surface area contributed by atoms with E-state index in [0.717, 1.165) is 30.6 Å². The van der Waals surface area contributed by atoms with Gasteiger partial charge in [-0.1, -0.05) is 6.08 Å². The molecule has 0 radical (unpaired) electrons. The lowest BCUT2D eigenvalue weighted by atomic mass is 9.97. The fraction of sp³-hybridized carbons (Fsp3) is 0.348. The topological polar surface area (TPSA) is 117 Å². The number of rotatable bonds is 6. The molecule has 3 aliphatic heterocycles. The zero-order chi connectivity index (χ0) is 22.7. The number of fused-ring (bicyclic) bond motifs is 1. The second kappa shape index (κ2) is 9.27. The molecule has 0 saturated carbocycles. The minimum Gasteiger partial charge on any atom is -0.382 e. The van der Waals surface area contributed by atoms with Crippen molar-refractivity contribution in [2.24, 2.45) is 16.5 Å². The summed E-state index contributed by atoms with van der Waals surface area (Å²) in [6.07, 6.45) is 11.5. The van der Waals surface area contributed by atoms with Crippen molar-refractivity contribution in [1.29, 1.82) is 0 Å². The number of carbonyl (C=O) groups excluding carboxylic acids is 2. The lowest BCUT2D eigenvalue weighted by molar-refractivity contribution is -0.130. The van der Waals surface area contributed by atoms with E-state index < -0.39 is 5.91 Å². The van der Waals surface area contributed by atoms with Gasteiger partial charge < -0.3 is 30.9 Å². The number of carbonyl (C=O) groups is 2. The molecule has 1 aromatic carbocycles. The van der Waals surface area contributed by atoms with Gasteiger partial charge in [-0.05, 0) is 43.5 Å². The minimum absolute atomic E-state index is 0.0353. The lowest BCUT2D eigenvalue weighted by Gasteiger charge is -2.45. The van der Waals surface area contributed by atoms with E-state index in [4.69, 9.17) is 16.2 Å². The van der Waals surface area contributed by atoms with Crippen molar-refractivity contribution in [2.45, 2.75) is 31.5 Å². The van der Waals surface area contributed by atoms with Crippen LogP contribution < -0.4 is 16.4 Å². The van der Waals surface area contributed by atoms with Crippen LogP contribution in [0.5, 0.6) is 0 Å². The fourth-order valence-electron chi connectivity index (χ4n) is 4.45. The molecule has 32 heavy (non-hydrogen) atoms. The number of likely N-dealkylation sites (tertiary alicyclic amines) is 1. The van der Waals surface area contributed by atoms with Gasteiger partial charge in [-0.3, -0.25) is 9.59 Å². The van der Waals surface area contributed by atoms with Crippen molar-refractivity contribution >= 4 is 23.3 Å².